The SMILES string of the molecule is CC(C)(CCCl)C[Si](C)(C)O[Si](C)(C)CC(C)(C)CCCl. The van der Waals surface area contributed by atoms with Crippen LogP contribution in [0.2, 0.25) is 38.3 Å². The maximum Gasteiger partial charge on any atom is 0.173 e. The molecule has 0 bridgehead atoms. The molecule has 0 rings (SSSR count). The summed E-state index contributed by atoms with van der Waals surface area (Å²) in [5.41, 5.74) is 0.571. The van der Waals surface area contributed by atoms with Gasteiger partial charge in [-0.3, -0.25) is 0 Å². The smallest absolute Gasteiger partial charge is 0.173 e. The van der Waals surface area contributed by atoms with Gasteiger partial charge in [0, 0.05) is 11.8 Å². The Bertz CT molecular complexity index is 285. The third kappa shape index (κ3) is 10.4. The minimum Gasteiger partial charge on any atom is -0.455 e. The first-order valence-electron chi connectivity index (χ1n) is 8.06. The van der Waals surface area contributed by atoms with Gasteiger partial charge in [-0.2, -0.15) is 0 Å². The first kappa shape index (κ1) is 22.0. The molecule has 0 fully saturated rings. The Hall–Kier alpha value is 0.974. The topological polar surface area (TPSA) is 9.23 Å². The normalized spacial score (nSPS) is 14.6. The molecule has 0 aliphatic heterocycles. The highest BCUT2D eigenvalue weighted by Gasteiger charge is 2.39. The van der Waals surface area contributed by atoms with Crippen molar-refractivity contribution in [2.24, 2.45) is 10.8 Å². The van der Waals surface area contributed by atoms with Crippen molar-refractivity contribution in [3.63, 3.8) is 0 Å². The first-order chi connectivity index (χ1) is 9.24. The molecule has 5 heteroatoms. The minimum atomic E-state index is -1.66. The molecule has 0 saturated heterocycles. The van der Waals surface area contributed by atoms with Crippen molar-refractivity contribution in [2.45, 2.75) is 78.8 Å². The van der Waals surface area contributed by atoms with Gasteiger partial charge in [-0.15, -0.1) is 23.2 Å². The van der Waals surface area contributed by atoms with Crippen LogP contribution in [0.5, 0.6) is 0 Å². The Morgan fingerprint density at radius 3 is 1.24 bits per heavy atom. The molecule has 128 valence electrons. The molecule has 0 radical (unpaired) electrons. The van der Waals surface area contributed by atoms with Gasteiger partial charge in [0.25, 0.3) is 0 Å². The molecule has 0 saturated carbocycles. The Morgan fingerprint density at radius 2 is 1.00 bits per heavy atom. The third-order valence-corrected chi connectivity index (χ3v) is 12.3. The van der Waals surface area contributed by atoms with Crippen molar-refractivity contribution in [1.82, 2.24) is 0 Å². The highest BCUT2D eigenvalue weighted by atomic mass is 35.5. The van der Waals surface area contributed by atoms with Crippen LogP contribution in [0.1, 0.15) is 40.5 Å². The van der Waals surface area contributed by atoms with Crippen molar-refractivity contribution in [2.75, 3.05) is 11.8 Å². The zero-order chi connectivity index (χ0) is 16.9. The third-order valence-electron chi connectivity index (χ3n) is 3.90. The molecule has 0 N–H and O–H groups in total. The number of hydrogen-bond acceptors (Lipinski definition) is 1. The number of hydrogen-bond donors (Lipinski definition) is 0. The second kappa shape index (κ2) is 8.18. The Kier molecular flexibility index (Phi) is 8.56. The summed E-state index contributed by atoms with van der Waals surface area (Å²) in [7, 11) is -3.33. The zero-order valence-electron chi connectivity index (χ0n) is 15.4. The summed E-state index contributed by atoms with van der Waals surface area (Å²) in [4.78, 5) is 0. The second-order valence-corrected chi connectivity index (χ2v) is 18.5. The Labute approximate surface area is 145 Å². The van der Waals surface area contributed by atoms with Crippen LogP contribution in [0.4, 0.5) is 0 Å². The van der Waals surface area contributed by atoms with E-state index in [-0.39, 0.29) is 10.8 Å². The molecular formula is C16H36Cl2OSi2. The van der Waals surface area contributed by atoms with Gasteiger partial charge in [-0.1, -0.05) is 27.7 Å². The van der Waals surface area contributed by atoms with Crippen LogP contribution in [0.25, 0.3) is 0 Å². The quantitative estimate of drug-likeness (QED) is 0.306. The summed E-state index contributed by atoms with van der Waals surface area (Å²) in [6.45, 7) is 18.7. The highest BCUT2D eigenvalue weighted by Crippen LogP contribution is 2.38. The van der Waals surface area contributed by atoms with Gasteiger partial charge in [0.2, 0.25) is 0 Å². The summed E-state index contributed by atoms with van der Waals surface area (Å²) < 4.78 is 6.78. The van der Waals surface area contributed by atoms with Crippen LogP contribution in [0, 0.1) is 10.8 Å². The van der Waals surface area contributed by atoms with Crippen LogP contribution in [0.15, 0.2) is 0 Å². The number of halogens is 2. The summed E-state index contributed by atoms with van der Waals surface area (Å²) in [6.07, 6.45) is 2.13. The second-order valence-electron chi connectivity index (χ2n) is 9.18. The molecule has 21 heavy (non-hydrogen) atoms. The summed E-state index contributed by atoms with van der Waals surface area (Å²) in [6, 6.07) is 2.36. The van der Waals surface area contributed by atoms with E-state index in [9.17, 15) is 0 Å². The van der Waals surface area contributed by atoms with E-state index < -0.39 is 16.6 Å². The van der Waals surface area contributed by atoms with Crippen molar-refractivity contribution in [3.8, 4) is 0 Å². The van der Waals surface area contributed by atoms with Crippen molar-refractivity contribution in [1.29, 1.82) is 0 Å². The van der Waals surface area contributed by atoms with Gasteiger partial charge in [0.15, 0.2) is 16.6 Å². The summed E-state index contributed by atoms with van der Waals surface area (Å²) in [5, 5.41) is 0. The fourth-order valence-corrected chi connectivity index (χ4v) is 16.4. The van der Waals surface area contributed by atoms with Gasteiger partial charge in [-0.25, -0.2) is 0 Å². The molecular weight excluding hydrogens is 335 g/mol. The average molecular weight is 372 g/mol. The van der Waals surface area contributed by atoms with Crippen LogP contribution in [-0.2, 0) is 4.12 Å². The van der Waals surface area contributed by atoms with Crippen LogP contribution in [0.3, 0.4) is 0 Å². The van der Waals surface area contributed by atoms with E-state index in [4.69, 9.17) is 27.3 Å². The van der Waals surface area contributed by atoms with Crippen molar-refractivity contribution in [3.05, 3.63) is 0 Å². The van der Waals surface area contributed by atoms with Crippen LogP contribution in [-0.4, -0.2) is 28.4 Å². The van der Waals surface area contributed by atoms with Crippen LogP contribution < -0.4 is 0 Å². The van der Waals surface area contributed by atoms with E-state index in [0.29, 0.717) is 0 Å². The van der Waals surface area contributed by atoms with E-state index in [1.54, 1.807) is 0 Å². The lowest BCUT2D eigenvalue weighted by Gasteiger charge is -2.41. The Balaban J connectivity index is 4.75. The molecule has 0 aliphatic carbocycles. The average Bonchev–Trinajstić information content (AvgIpc) is 2.09. The predicted octanol–water partition coefficient (Wildman–Crippen LogP) is 6.72. The molecule has 0 aromatic rings. The molecule has 0 spiro atoms. The van der Waals surface area contributed by atoms with E-state index in [1.165, 1.54) is 12.1 Å². The van der Waals surface area contributed by atoms with E-state index in [1.807, 2.05) is 0 Å². The number of alkyl halides is 2. The van der Waals surface area contributed by atoms with E-state index in [2.05, 4.69) is 53.9 Å². The summed E-state index contributed by atoms with van der Waals surface area (Å²) in [5.74, 6) is 1.47. The summed E-state index contributed by atoms with van der Waals surface area (Å²) >= 11 is 11.9. The lowest BCUT2D eigenvalue weighted by Crippen LogP contribution is -2.48. The van der Waals surface area contributed by atoms with Gasteiger partial charge < -0.3 is 4.12 Å². The van der Waals surface area contributed by atoms with Crippen molar-refractivity contribution >= 4 is 39.8 Å². The highest BCUT2D eigenvalue weighted by molar-refractivity contribution is 6.85. The maximum atomic E-state index is 6.78. The maximum absolute atomic E-state index is 6.78. The molecule has 0 unspecified atom stereocenters. The van der Waals surface area contributed by atoms with Crippen molar-refractivity contribution < 1.29 is 4.12 Å². The van der Waals surface area contributed by atoms with Gasteiger partial charge in [0.05, 0.1) is 0 Å². The molecule has 0 heterocycles. The van der Waals surface area contributed by atoms with Gasteiger partial charge in [-0.05, 0) is 61.9 Å². The lowest BCUT2D eigenvalue weighted by atomic mass is 9.93. The first-order valence-corrected chi connectivity index (χ1v) is 15.4. The zero-order valence-corrected chi connectivity index (χ0v) is 18.9. The fraction of sp³-hybridized carbons (Fsp3) is 1.00. The number of rotatable bonds is 10. The standard InChI is InChI=1S/C16H36Cl2OSi2/c1-15(2,9-11-17)13-20(5,6)19-21(7,8)14-16(3,4)10-12-18/h9-14H2,1-8H3. The van der Waals surface area contributed by atoms with E-state index in [0.717, 1.165) is 24.6 Å². The molecule has 0 atom stereocenters. The molecule has 0 amide bonds. The van der Waals surface area contributed by atoms with Gasteiger partial charge >= 0.3 is 0 Å². The molecule has 0 aromatic carbocycles. The molecule has 0 aliphatic rings. The molecule has 0 aromatic heterocycles. The predicted molar refractivity (Wildman–Crippen MR) is 104 cm³/mol. The van der Waals surface area contributed by atoms with Crippen LogP contribution >= 0.6 is 23.2 Å². The monoisotopic (exact) mass is 370 g/mol. The Morgan fingerprint density at radius 1 is 0.714 bits per heavy atom. The minimum absolute atomic E-state index is 0.285. The van der Waals surface area contributed by atoms with Gasteiger partial charge in [0.1, 0.15) is 0 Å². The molecule has 1 nitrogen and oxygen atoms in total. The lowest BCUT2D eigenvalue weighted by molar-refractivity contribution is 0.356. The van der Waals surface area contributed by atoms with E-state index >= 15 is 0 Å². The fourth-order valence-electron chi connectivity index (χ4n) is 3.81. The largest absolute Gasteiger partial charge is 0.455 e.